The lowest BCUT2D eigenvalue weighted by Gasteiger charge is -2.16. The summed E-state index contributed by atoms with van der Waals surface area (Å²) in [6, 6.07) is 19.3. The highest BCUT2D eigenvalue weighted by molar-refractivity contribution is 14.1. The van der Waals surface area contributed by atoms with E-state index in [9.17, 15) is 13.6 Å². The number of halogens is 4. The van der Waals surface area contributed by atoms with Gasteiger partial charge in [-0.2, -0.15) is 5.26 Å². The van der Waals surface area contributed by atoms with Crippen LogP contribution in [0.5, 0.6) is 5.88 Å². The number of benzene rings is 3. The number of alkyl halides is 1. The molecule has 11 heteroatoms. The monoisotopic (exact) mass is 722 g/mol. The molecule has 1 fully saturated rings. The van der Waals surface area contributed by atoms with Gasteiger partial charge in [0.1, 0.15) is 29.6 Å². The Morgan fingerprint density at radius 3 is 2.51 bits per heavy atom. The van der Waals surface area contributed by atoms with Crippen LogP contribution in [0.4, 0.5) is 13.2 Å². The third kappa shape index (κ3) is 6.38. The van der Waals surface area contributed by atoms with E-state index in [0.29, 0.717) is 45.8 Å². The number of carbonyl (C=O) groups is 1. The van der Waals surface area contributed by atoms with Crippen LogP contribution in [0.15, 0.2) is 66.7 Å². The van der Waals surface area contributed by atoms with Gasteiger partial charge in [-0.25, -0.2) is 23.5 Å². The zero-order valence-corrected chi connectivity index (χ0v) is 26.3. The maximum absolute atomic E-state index is 15.6. The molecule has 2 aromatic heterocycles. The lowest BCUT2D eigenvalue weighted by Crippen LogP contribution is -2.16. The van der Waals surface area contributed by atoms with Crippen LogP contribution < -0.4 is 4.74 Å². The number of hydrogen-bond acceptors (Lipinski definition) is 6. The van der Waals surface area contributed by atoms with Crippen molar-refractivity contribution in [1.82, 2.24) is 14.5 Å². The zero-order chi connectivity index (χ0) is 31.7. The second-order valence-corrected chi connectivity index (χ2v) is 12.3. The average molecular weight is 723 g/mol. The van der Waals surface area contributed by atoms with Gasteiger partial charge in [0, 0.05) is 39.1 Å². The Morgan fingerprint density at radius 2 is 1.82 bits per heavy atom. The highest BCUT2D eigenvalue weighted by atomic mass is 127. The first kappa shape index (κ1) is 30.6. The van der Waals surface area contributed by atoms with Crippen LogP contribution in [0.1, 0.15) is 45.7 Å². The normalized spacial score (nSPS) is 13.4. The molecule has 2 heterocycles. The summed E-state index contributed by atoms with van der Waals surface area (Å²) in [5, 5.41) is 8.93. The Balaban J connectivity index is 1.26. The number of nitrogens with zero attached hydrogens (tertiary/aromatic N) is 4. The molecule has 0 amide bonds. The molecule has 0 saturated heterocycles. The van der Waals surface area contributed by atoms with E-state index >= 15 is 4.39 Å². The largest absolute Gasteiger partial charge is 0.473 e. The van der Waals surface area contributed by atoms with Gasteiger partial charge in [0.25, 0.3) is 0 Å². The van der Waals surface area contributed by atoms with E-state index in [-0.39, 0.29) is 30.0 Å². The molecule has 0 aliphatic heterocycles. The van der Waals surface area contributed by atoms with E-state index in [2.05, 4.69) is 27.6 Å². The van der Waals surface area contributed by atoms with Crippen LogP contribution in [0.2, 0.25) is 0 Å². The minimum Gasteiger partial charge on any atom is -0.473 e. The number of pyridine rings is 1. The van der Waals surface area contributed by atoms with E-state index in [1.807, 2.05) is 10.6 Å². The molecule has 5 aromatic rings. The number of methoxy groups -OCH3 is 1. The van der Waals surface area contributed by atoms with Crippen molar-refractivity contribution in [3.8, 4) is 23.2 Å². The van der Waals surface area contributed by atoms with Crippen molar-refractivity contribution in [1.29, 1.82) is 5.26 Å². The highest BCUT2D eigenvalue weighted by Crippen LogP contribution is 2.48. The molecule has 1 saturated carbocycles. The molecule has 1 aliphatic rings. The van der Waals surface area contributed by atoms with Gasteiger partial charge in [0.2, 0.25) is 5.88 Å². The Hall–Kier alpha value is -4.44. The number of ether oxygens (including phenoxy) is 2. The van der Waals surface area contributed by atoms with Crippen molar-refractivity contribution in [2.45, 2.75) is 32.4 Å². The number of carbonyl (C=O) groups excluding carboxylic acids is 1. The van der Waals surface area contributed by atoms with E-state index in [1.54, 1.807) is 42.5 Å². The summed E-state index contributed by atoms with van der Waals surface area (Å²) < 4.78 is 57.1. The fourth-order valence-electron chi connectivity index (χ4n) is 5.18. The topological polar surface area (TPSA) is 90.0 Å². The predicted molar refractivity (Wildman–Crippen MR) is 169 cm³/mol. The summed E-state index contributed by atoms with van der Waals surface area (Å²) >= 11 is 2.11. The fraction of sp³-hybridized carbons (Fsp3) is 0.235. The number of aromatic nitrogens is 3. The van der Waals surface area contributed by atoms with E-state index in [4.69, 9.17) is 19.7 Å². The van der Waals surface area contributed by atoms with Crippen molar-refractivity contribution in [2.75, 3.05) is 13.8 Å². The summed E-state index contributed by atoms with van der Waals surface area (Å²) in [6.45, 7) is -0.188. The molecule has 0 spiro atoms. The van der Waals surface area contributed by atoms with Crippen LogP contribution in [0, 0.1) is 32.0 Å². The lowest BCUT2D eigenvalue weighted by molar-refractivity contribution is 0.0600. The smallest absolute Gasteiger partial charge is 0.337 e. The first-order chi connectivity index (χ1) is 21.7. The van der Waals surface area contributed by atoms with Crippen LogP contribution in [0.25, 0.3) is 22.3 Å². The van der Waals surface area contributed by atoms with Gasteiger partial charge < -0.3 is 14.0 Å². The van der Waals surface area contributed by atoms with E-state index in [0.717, 1.165) is 22.5 Å². The quantitative estimate of drug-likeness (QED) is 0.109. The zero-order valence-electron chi connectivity index (χ0n) is 24.1. The van der Waals surface area contributed by atoms with Gasteiger partial charge in [-0.1, -0.05) is 24.3 Å². The summed E-state index contributed by atoms with van der Waals surface area (Å²) in [5.74, 6) is -0.693. The van der Waals surface area contributed by atoms with Crippen LogP contribution >= 0.6 is 22.6 Å². The molecule has 6 rings (SSSR count). The molecular weight excluding hydrogens is 696 g/mol. The molecular formula is C34H26F3IN4O3. The Bertz CT molecular complexity index is 1980. The van der Waals surface area contributed by atoms with Crippen LogP contribution in [-0.2, 0) is 24.3 Å². The minimum absolute atomic E-state index is 0.0912. The minimum atomic E-state index is -0.549. The molecule has 45 heavy (non-hydrogen) atoms. The van der Waals surface area contributed by atoms with E-state index < -0.39 is 29.7 Å². The van der Waals surface area contributed by atoms with Crippen molar-refractivity contribution >= 4 is 39.6 Å². The van der Waals surface area contributed by atoms with Crippen LogP contribution in [-0.4, -0.2) is 34.3 Å². The summed E-state index contributed by atoms with van der Waals surface area (Å²) in [7, 11) is 1.31. The number of nitriles is 1. The Morgan fingerprint density at radius 1 is 1.04 bits per heavy atom. The fourth-order valence-corrected chi connectivity index (χ4v) is 5.92. The number of fused-ring (bicyclic) bond motifs is 1. The highest BCUT2D eigenvalue weighted by Gasteiger charge is 2.44. The maximum Gasteiger partial charge on any atom is 0.337 e. The average Bonchev–Trinajstić information content (AvgIpc) is 3.75. The first-order valence-corrected chi connectivity index (χ1v) is 15.2. The molecule has 0 atom stereocenters. The molecule has 0 radical (unpaired) electrons. The van der Waals surface area contributed by atoms with Crippen molar-refractivity contribution < 1.29 is 27.4 Å². The number of hydrogen-bond donors (Lipinski definition) is 0. The number of rotatable bonds is 10. The first-order valence-electron chi connectivity index (χ1n) is 14.1. The van der Waals surface area contributed by atoms with Crippen LogP contribution in [0.3, 0.4) is 0 Å². The van der Waals surface area contributed by atoms with Gasteiger partial charge in [0.05, 0.1) is 42.2 Å². The molecule has 0 unspecified atom stereocenters. The molecule has 3 aromatic carbocycles. The molecule has 0 bridgehead atoms. The second-order valence-electron chi connectivity index (χ2n) is 11.1. The SMILES string of the molecule is COC(=O)c1cc(I)c2nc(Cc3ccc(-c4cccc(OCc5ccc(C#N)cc5F)n4)cc3F)n(CC3(CF)CC3)c2c1. The van der Waals surface area contributed by atoms with Gasteiger partial charge in [-0.05, 0) is 77.4 Å². The third-order valence-electron chi connectivity index (χ3n) is 8.02. The molecule has 0 N–H and O–H groups in total. The number of esters is 1. The summed E-state index contributed by atoms with van der Waals surface area (Å²) in [4.78, 5) is 21.6. The van der Waals surface area contributed by atoms with Gasteiger partial charge >= 0.3 is 5.97 Å². The lowest BCUT2D eigenvalue weighted by atomic mass is 10.0. The molecule has 228 valence electrons. The van der Waals surface area contributed by atoms with Crippen molar-refractivity contribution in [3.05, 3.63) is 110 Å². The third-order valence-corrected chi connectivity index (χ3v) is 8.84. The van der Waals surface area contributed by atoms with Gasteiger partial charge in [-0.15, -0.1) is 0 Å². The summed E-state index contributed by atoms with van der Waals surface area (Å²) in [5.41, 5.74) is 3.09. The molecule has 7 nitrogen and oxygen atoms in total. The Labute approximate surface area is 270 Å². The van der Waals surface area contributed by atoms with Gasteiger partial charge in [0.15, 0.2) is 0 Å². The molecule has 1 aliphatic carbocycles. The Kier molecular flexibility index (Phi) is 8.50. The summed E-state index contributed by atoms with van der Waals surface area (Å²) in [6.07, 6.45) is 1.65. The van der Waals surface area contributed by atoms with Crippen molar-refractivity contribution in [2.24, 2.45) is 5.41 Å². The maximum atomic E-state index is 15.6. The number of imidazole rings is 1. The predicted octanol–water partition coefficient (Wildman–Crippen LogP) is 7.56. The standard InChI is InChI=1S/C34H26F3IN4O3/c1-44-33(43)24-13-27(38)32-29(14-24)42(19-34(18-35)9-10-34)30(41-32)15-21-7-8-22(12-26(21)37)28-3-2-4-31(40-28)45-17-23-6-5-20(16-39)11-25(23)36/h2-8,11-14H,9-10,15,17-19H2,1H3. The van der Waals surface area contributed by atoms with Gasteiger partial charge in [-0.3, -0.25) is 4.39 Å². The second kappa shape index (κ2) is 12.5. The van der Waals surface area contributed by atoms with Crippen molar-refractivity contribution in [3.63, 3.8) is 0 Å². The van der Waals surface area contributed by atoms with E-state index in [1.165, 1.54) is 25.3 Å².